The lowest BCUT2D eigenvalue weighted by molar-refractivity contribution is -0.147. The molecule has 23 heavy (non-hydrogen) atoms. The second kappa shape index (κ2) is 7.80. The minimum absolute atomic E-state index is 0.273. The number of nitrogens with one attached hydrogen (secondary N) is 1. The van der Waals surface area contributed by atoms with Gasteiger partial charge in [-0.05, 0) is 24.3 Å². The Balaban J connectivity index is 1.87. The van der Waals surface area contributed by atoms with Crippen LogP contribution in [-0.4, -0.2) is 23.1 Å². The highest BCUT2D eigenvalue weighted by Crippen LogP contribution is 2.25. The summed E-state index contributed by atoms with van der Waals surface area (Å²) in [6, 6.07) is 9.09. The number of esters is 1. The molecule has 1 amide bonds. The molecule has 1 heterocycles. The minimum Gasteiger partial charge on any atom is -0.454 e. The fraction of sp³-hybridized carbons (Fsp3) is 0.133. The number of aromatic nitrogens is 1. The first-order chi connectivity index (χ1) is 11.0. The van der Waals surface area contributed by atoms with Crippen LogP contribution >= 0.6 is 23.2 Å². The van der Waals surface area contributed by atoms with E-state index in [9.17, 15) is 14.4 Å². The zero-order valence-corrected chi connectivity index (χ0v) is 13.3. The maximum atomic E-state index is 11.7. The van der Waals surface area contributed by atoms with Crippen molar-refractivity contribution >= 4 is 40.8 Å². The summed E-state index contributed by atoms with van der Waals surface area (Å²) < 4.78 is 5.99. The molecule has 120 valence electrons. The SMILES string of the molecule is O=C(COC(=O)Cn1ccccc1=O)Nc1cc(Cl)ccc1Cl. The van der Waals surface area contributed by atoms with Crippen molar-refractivity contribution in [3.8, 4) is 0 Å². The molecule has 0 spiro atoms. The average Bonchev–Trinajstić information content (AvgIpc) is 2.51. The Kier molecular flexibility index (Phi) is 5.78. The van der Waals surface area contributed by atoms with Crippen molar-refractivity contribution in [2.75, 3.05) is 11.9 Å². The van der Waals surface area contributed by atoms with Gasteiger partial charge in [0.25, 0.3) is 11.5 Å². The van der Waals surface area contributed by atoms with Gasteiger partial charge in [0.1, 0.15) is 6.54 Å². The Morgan fingerprint density at radius 2 is 1.96 bits per heavy atom. The van der Waals surface area contributed by atoms with Crippen LogP contribution in [0.4, 0.5) is 5.69 Å². The smallest absolute Gasteiger partial charge is 0.326 e. The Morgan fingerprint density at radius 1 is 1.17 bits per heavy atom. The number of halogens is 2. The molecule has 0 aliphatic heterocycles. The highest BCUT2D eigenvalue weighted by atomic mass is 35.5. The largest absolute Gasteiger partial charge is 0.454 e. The zero-order chi connectivity index (χ0) is 16.8. The van der Waals surface area contributed by atoms with Crippen LogP contribution in [-0.2, 0) is 20.9 Å². The maximum absolute atomic E-state index is 11.7. The van der Waals surface area contributed by atoms with Gasteiger partial charge in [0.15, 0.2) is 6.61 Å². The van der Waals surface area contributed by atoms with Crippen LogP contribution in [0.5, 0.6) is 0 Å². The summed E-state index contributed by atoms with van der Waals surface area (Å²) in [5.74, 6) is -1.27. The average molecular weight is 355 g/mol. The Morgan fingerprint density at radius 3 is 2.70 bits per heavy atom. The Hall–Kier alpha value is -2.31. The summed E-state index contributed by atoms with van der Waals surface area (Å²) in [5, 5.41) is 3.20. The van der Waals surface area contributed by atoms with E-state index >= 15 is 0 Å². The van der Waals surface area contributed by atoms with Crippen LogP contribution in [0, 0.1) is 0 Å². The van der Waals surface area contributed by atoms with Crippen LogP contribution in [0.25, 0.3) is 0 Å². The quantitative estimate of drug-likeness (QED) is 0.836. The van der Waals surface area contributed by atoms with Gasteiger partial charge in [0.2, 0.25) is 0 Å². The van der Waals surface area contributed by atoms with Gasteiger partial charge in [0.05, 0.1) is 10.7 Å². The van der Waals surface area contributed by atoms with Crippen LogP contribution in [0.2, 0.25) is 10.0 Å². The molecule has 8 heteroatoms. The zero-order valence-electron chi connectivity index (χ0n) is 11.8. The molecule has 0 saturated carbocycles. The van der Waals surface area contributed by atoms with Crippen molar-refractivity contribution < 1.29 is 14.3 Å². The Bertz CT molecular complexity index is 789. The van der Waals surface area contributed by atoms with Crippen molar-refractivity contribution in [2.24, 2.45) is 0 Å². The summed E-state index contributed by atoms with van der Waals surface area (Å²) in [7, 11) is 0. The van der Waals surface area contributed by atoms with Crippen molar-refractivity contribution in [3.05, 3.63) is 63.0 Å². The van der Waals surface area contributed by atoms with E-state index < -0.39 is 18.5 Å². The van der Waals surface area contributed by atoms with Crippen LogP contribution < -0.4 is 10.9 Å². The standard InChI is InChI=1S/C15H12Cl2N2O4/c16-10-4-5-11(17)12(7-10)18-13(20)9-23-15(22)8-19-6-2-1-3-14(19)21/h1-7H,8-9H2,(H,18,20). The summed E-state index contributed by atoms with van der Waals surface area (Å²) >= 11 is 11.7. The number of hydrogen-bond donors (Lipinski definition) is 1. The van der Waals surface area contributed by atoms with E-state index in [-0.39, 0.29) is 12.1 Å². The lowest BCUT2D eigenvalue weighted by Gasteiger charge is -2.09. The fourth-order valence-electron chi connectivity index (χ4n) is 1.70. The first kappa shape index (κ1) is 17.1. The number of hydrogen-bond acceptors (Lipinski definition) is 4. The highest BCUT2D eigenvalue weighted by molar-refractivity contribution is 6.35. The molecular formula is C15H12Cl2N2O4. The van der Waals surface area contributed by atoms with Gasteiger partial charge in [-0.15, -0.1) is 0 Å². The monoisotopic (exact) mass is 354 g/mol. The normalized spacial score (nSPS) is 10.2. The molecule has 0 radical (unpaired) electrons. The molecule has 0 aliphatic rings. The van der Waals surface area contributed by atoms with Crippen LogP contribution in [0.15, 0.2) is 47.4 Å². The van der Waals surface area contributed by atoms with Crippen LogP contribution in [0.3, 0.4) is 0 Å². The first-order valence-corrected chi connectivity index (χ1v) is 7.27. The third kappa shape index (κ3) is 5.12. The minimum atomic E-state index is -0.703. The number of anilines is 1. The lowest BCUT2D eigenvalue weighted by atomic mass is 10.3. The molecule has 0 fully saturated rings. The van der Waals surface area contributed by atoms with Crippen molar-refractivity contribution in [3.63, 3.8) is 0 Å². The van der Waals surface area contributed by atoms with E-state index in [0.717, 1.165) is 0 Å². The summed E-state index contributed by atoms with van der Waals surface area (Å²) in [4.78, 5) is 34.8. The van der Waals surface area contributed by atoms with Gasteiger partial charge in [-0.2, -0.15) is 0 Å². The molecule has 2 rings (SSSR count). The number of benzene rings is 1. The molecule has 0 saturated heterocycles. The molecule has 0 unspecified atom stereocenters. The lowest BCUT2D eigenvalue weighted by Crippen LogP contribution is -2.27. The second-order valence-electron chi connectivity index (χ2n) is 4.50. The van der Waals surface area contributed by atoms with E-state index in [1.54, 1.807) is 18.2 Å². The fourth-order valence-corrected chi connectivity index (χ4v) is 2.04. The van der Waals surface area contributed by atoms with Crippen LogP contribution in [0.1, 0.15) is 0 Å². The molecule has 0 aliphatic carbocycles. The van der Waals surface area contributed by atoms with E-state index in [1.807, 2.05) is 0 Å². The third-order valence-electron chi connectivity index (χ3n) is 2.77. The van der Waals surface area contributed by atoms with E-state index in [4.69, 9.17) is 27.9 Å². The molecule has 0 bridgehead atoms. The first-order valence-electron chi connectivity index (χ1n) is 6.51. The number of rotatable bonds is 5. The molecular weight excluding hydrogens is 343 g/mol. The van der Waals surface area contributed by atoms with E-state index in [2.05, 4.69) is 5.32 Å². The van der Waals surface area contributed by atoms with Gasteiger partial charge in [-0.1, -0.05) is 29.3 Å². The number of nitrogens with zero attached hydrogens (tertiary/aromatic N) is 1. The van der Waals surface area contributed by atoms with Gasteiger partial charge >= 0.3 is 5.97 Å². The number of amides is 1. The highest BCUT2D eigenvalue weighted by Gasteiger charge is 2.11. The number of carbonyl (C=O) groups is 2. The number of carbonyl (C=O) groups excluding carboxylic acids is 2. The van der Waals surface area contributed by atoms with E-state index in [1.165, 1.54) is 29.0 Å². The third-order valence-corrected chi connectivity index (χ3v) is 3.33. The van der Waals surface area contributed by atoms with Gasteiger partial charge < -0.3 is 14.6 Å². The summed E-state index contributed by atoms with van der Waals surface area (Å²) in [6.45, 7) is -0.770. The van der Waals surface area contributed by atoms with Gasteiger partial charge in [0, 0.05) is 17.3 Å². The maximum Gasteiger partial charge on any atom is 0.326 e. The van der Waals surface area contributed by atoms with E-state index in [0.29, 0.717) is 15.7 Å². The molecule has 1 N–H and O–H groups in total. The summed E-state index contributed by atoms with van der Waals surface area (Å²) in [6.07, 6.45) is 1.45. The molecule has 2 aromatic rings. The second-order valence-corrected chi connectivity index (χ2v) is 5.34. The molecule has 1 aromatic carbocycles. The Labute approximate surface area is 141 Å². The molecule has 1 aromatic heterocycles. The van der Waals surface area contributed by atoms with Crippen molar-refractivity contribution in [1.29, 1.82) is 0 Å². The van der Waals surface area contributed by atoms with Gasteiger partial charge in [-0.25, -0.2) is 0 Å². The number of ether oxygens (including phenoxy) is 1. The van der Waals surface area contributed by atoms with Crippen molar-refractivity contribution in [2.45, 2.75) is 6.54 Å². The van der Waals surface area contributed by atoms with Crippen molar-refractivity contribution in [1.82, 2.24) is 4.57 Å². The molecule has 6 nitrogen and oxygen atoms in total. The topological polar surface area (TPSA) is 77.4 Å². The predicted molar refractivity (Wildman–Crippen MR) is 86.8 cm³/mol. The number of pyridine rings is 1. The summed E-state index contributed by atoms with van der Waals surface area (Å²) in [5.41, 5.74) is -0.0147. The predicted octanol–water partition coefficient (Wildman–Crippen LogP) is 2.34. The molecule has 0 atom stereocenters. The van der Waals surface area contributed by atoms with Gasteiger partial charge in [-0.3, -0.25) is 14.4 Å².